The molecule has 3 saturated heterocycles. The minimum absolute atomic E-state index is 0.0521. The van der Waals surface area contributed by atoms with Crippen molar-refractivity contribution < 1.29 is 101 Å². The second-order valence-electron chi connectivity index (χ2n) is 24.8. The Morgan fingerprint density at radius 3 is 2.26 bits per heavy atom. The van der Waals surface area contributed by atoms with Gasteiger partial charge in [-0.2, -0.15) is 0 Å². The Kier molecular flexibility index (Phi) is 22.8. The Morgan fingerprint density at radius 2 is 1.58 bits per heavy atom. The number of anilines is 1. The van der Waals surface area contributed by atoms with Crippen LogP contribution < -0.4 is 26.4 Å². The molecule has 3 fully saturated rings. The lowest BCUT2D eigenvalue weighted by Crippen LogP contribution is -2.53. The predicted molar refractivity (Wildman–Crippen MR) is 333 cm³/mol. The molecule has 8 N–H and O–H groups in total. The molecule has 512 valence electrons. The van der Waals surface area contributed by atoms with Crippen LogP contribution in [0, 0.1) is 11.8 Å². The van der Waals surface area contributed by atoms with Crippen molar-refractivity contribution >= 4 is 64.9 Å². The van der Waals surface area contributed by atoms with Crippen LogP contribution in [0.4, 0.5) is 24.5 Å². The molecule has 3 aromatic carbocycles. The van der Waals surface area contributed by atoms with Crippen molar-refractivity contribution in [1.82, 2.24) is 30.2 Å². The molecule has 9 rings (SSSR count). The van der Waals surface area contributed by atoms with Crippen molar-refractivity contribution in [3.8, 4) is 17.2 Å². The average molecular weight is 1330 g/mol. The van der Waals surface area contributed by atoms with Crippen molar-refractivity contribution in [2.24, 2.45) is 17.6 Å². The molecule has 0 unspecified atom stereocenters. The first-order chi connectivity index (χ1) is 45.3. The third-order valence-electron chi connectivity index (χ3n) is 17.9. The number of nitrogens with one attached hydrogen (secondary N) is 3. The number of hydrogen-bond donors (Lipinski definition) is 7. The van der Waals surface area contributed by atoms with E-state index in [9.17, 15) is 63.3 Å². The topological polar surface area (TPSA) is 371 Å². The zero-order chi connectivity index (χ0) is 68.6. The number of carbonyl (C=O) groups excluding carboxylic acids is 10. The molecule has 6 aliphatic rings. The molecular weight excluding hydrogens is 1240 g/mol. The fraction of sp³-hybridized carbons (Fsp3) is 0.515. The number of hydrogen-bond acceptors (Lipinski definition) is 21. The molecule has 0 bridgehead atoms. The summed E-state index contributed by atoms with van der Waals surface area (Å²) >= 11 is 0. The average Bonchev–Trinajstić information content (AvgIpc) is 1.37. The number of imide groups is 1. The summed E-state index contributed by atoms with van der Waals surface area (Å²) in [5, 5.41) is 44.5. The number of primary amides is 1. The number of phenolic OH excluding ortho intramolecular Hbond substituents is 2. The molecule has 0 radical (unpaired) electrons. The maximum Gasteiger partial charge on any atom is 0.409 e. The third kappa shape index (κ3) is 16.1. The number of nitrogens with two attached hydrogens (primary N) is 1. The number of carbonyl (C=O) groups is 10. The first kappa shape index (κ1) is 70.4. The van der Waals surface area contributed by atoms with E-state index in [1.807, 2.05) is 0 Å². The molecule has 95 heavy (non-hydrogen) atoms. The Hall–Kier alpha value is -8.87. The van der Waals surface area contributed by atoms with E-state index in [1.54, 1.807) is 45.0 Å². The highest BCUT2D eigenvalue weighted by atomic mass is 19.1. The van der Waals surface area contributed by atoms with Crippen LogP contribution in [0.5, 0.6) is 17.2 Å². The summed E-state index contributed by atoms with van der Waals surface area (Å²) < 4.78 is 57.2. The Morgan fingerprint density at radius 1 is 0.884 bits per heavy atom. The number of benzene rings is 3. The van der Waals surface area contributed by atoms with Gasteiger partial charge < -0.3 is 80.0 Å². The van der Waals surface area contributed by atoms with E-state index in [-0.39, 0.29) is 117 Å². The fourth-order valence-corrected chi connectivity index (χ4v) is 12.7. The lowest BCUT2D eigenvalue weighted by Gasteiger charge is -2.43. The molecular formula is C66H81FN8O20. The molecule has 4 aliphatic heterocycles. The van der Waals surface area contributed by atoms with E-state index in [0.717, 1.165) is 15.9 Å². The summed E-state index contributed by atoms with van der Waals surface area (Å²) in [7, 11) is 4.08. The first-order valence-electron chi connectivity index (χ1n) is 31.6. The van der Waals surface area contributed by atoms with Gasteiger partial charge in [-0.05, 0) is 68.4 Å². The number of aromatic hydroxyl groups is 2. The second kappa shape index (κ2) is 30.7. The van der Waals surface area contributed by atoms with E-state index < -0.39 is 137 Å². The predicted octanol–water partition coefficient (Wildman–Crippen LogP) is 4.57. The fourth-order valence-electron chi connectivity index (χ4n) is 12.7. The van der Waals surface area contributed by atoms with Crippen LogP contribution in [0.15, 0.2) is 66.5 Å². The molecule has 28 nitrogen and oxygen atoms in total. The zero-order valence-corrected chi connectivity index (χ0v) is 53.7. The number of amides is 8. The van der Waals surface area contributed by atoms with Crippen molar-refractivity contribution in [3.63, 3.8) is 0 Å². The number of morpholine rings is 1. The molecule has 9 atom stereocenters. The van der Waals surface area contributed by atoms with Gasteiger partial charge in [0.25, 0.3) is 11.8 Å². The molecule has 0 saturated carbocycles. The van der Waals surface area contributed by atoms with Crippen molar-refractivity contribution in [2.45, 2.75) is 134 Å². The van der Waals surface area contributed by atoms with E-state index in [2.05, 4.69) is 20.9 Å². The number of phenols is 2. The largest absolute Gasteiger partial charge is 0.507 e. The number of ketones is 3. The zero-order valence-electron chi connectivity index (χ0n) is 53.7. The number of rotatable bonds is 27. The number of Topliss-reactive ketones (excluding diaryl/α,β-unsaturated/α-hetero) is 1. The van der Waals surface area contributed by atoms with Crippen LogP contribution in [-0.4, -0.2) is 210 Å². The van der Waals surface area contributed by atoms with Crippen LogP contribution in [-0.2, 0) is 65.4 Å². The van der Waals surface area contributed by atoms with Gasteiger partial charge in [0, 0.05) is 113 Å². The minimum atomic E-state index is -2.47. The molecule has 0 aromatic heterocycles. The van der Waals surface area contributed by atoms with Crippen LogP contribution >= 0.6 is 0 Å². The Bertz CT molecular complexity index is 3510. The van der Waals surface area contributed by atoms with E-state index >= 15 is 4.39 Å². The van der Waals surface area contributed by atoms with Gasteiger partial charge in [0.05, 0.1) is 61.2 Å². The number of nitrogens with zero attached hydrogens (tertiary/aromatic N) is 4. The highest BCUT2D eigenvalue weighted by Crippen LogP contribution is 2.53. The van der Waals surface area contributed by atoms with Gasteiger partial charge in [-0.15, -0.1) is 0 Å². The Balaban J connectivity index is 0.775. The van der Waals surface area contributed by atoms with Crippen LogP contribution in [0.3, 0.4) is 0 Å². The van der Waals surface area contributed by atoms with Gasteiger partial charge in [-0.3, -0.25) is 43.4 Å². The smallest absolute Gasteiger partial charge is 0.409 e. The highest BCUT2D eigenvalue weighted by molar-refractivity contribution is 6.31. The molecule has 2 aliphatic carbocycles. The highest BCUT2D eigenvalue weighted by Gasteiger charge is 2.54. The van der Waals surface area contributed by atoms with Gasteiger partial charge in [0.2, 0.25) is 23.4 Å². The summed E-state index contributed by atoms with van der Waals surface area (Å²) in [5.41, 5.74) is 1.86. The van der Waals surface area contributed by atoms with E-state index in [4.69, 9.17) is 38.9 Å². The summed E-state index contributed by atoms with van der Waals surface area (Å²) in [5.74, 6) is -8.11. The van der Waals surface area contributed by atoms with Gasteiger partial charge in [0.1, 0.15) is 47.6 Å². The normalized spacial score (nSPS) is 22.7. The van der Waals surface area contributed by atoms with Crippen molar-refractivity contribution in [3.05, 3.63) is 105 Å². The molecule has 0 spiro atoms. The number of fused-ring (bicyclic) bond motifs is 6. The van der Waals surface area contributed by atoms with Crippen molar-refractivity contribution in [2.75, 3.05) is 79.1 Å². The summed E-state index contributed by atoms with van der Waals surface area (Å²) in [4.78, 5) is 136. The van der Waals surface area contributed by atoms with E-state index in [1.165, 1.54) is 56.5 Å². The monoisotopic (exact) mass is 1320 g/mol. The van der Waals surface area contributed by atoms with Crippen LogP contribution in [0.25, 0.3) is 0 Å². The van der Waals surface area contributed by atoms with Crippen LogP contribution in [0.1, 0.15) is 127 Å². The minimum Gasteiger partial charge on any atom is -0.507 e. The number of halogens is 1. The number of methoxy groups -OCH3 is 1. The van der Waals surface area contributed by atoms with Crippen LogP contribution in [0.2, 0.25) is 0 Å². The summed E-state index contributed by atoms with van der Waals surface area (Å²) in [6.45, 7) is 5.53. The third-order valence-corrected chi connectivity index (χ3v) is 17.9. The van der Waals surface area contributed by atoms with Crippen molar-refractivity contribution in [1.29, 1.82) is 0 Å². The van der Waals surface area contributed by atoms with Gasteiger partial charge >= 0.3 is 18.2 Å². The van der Waals surface area contributed by atoms with E-state index in [0.29, 0.717) is 50.3 Å². The molecule has 4 heterocycles. The van der Waals surface area contributed by atoms with Gasteiger partial charge in [-0.25, -0.2) is 18.8 Å². The molecule has 8 amide bonds. The number of aliphatic hydroxyl groups is 1. The maximum atomic E-state index is 16.1. The number of likely N-dealkylation sites (N-methyl/N-ethyl adjacent to an activating group) is 2. The summed E-state index contributed by atoms with van der Waals surface area (Å²) in [6, 6.07) is 8.55. The number of ether oxygens (including phenoxy) is 7. The van der Waals surface area contributed by atoms with Gasteiger partial charge in [-0.1, -0.05) is 44.5 Å². The first-order valence-corrected chi connectivity index (χ1v) is 31.6. The Labute approximate surface area is 547 Å². The summed E-state index contributed by atoms with van der Waals surface area (Å²) in [6.07, 6.45) is -1.17. The maximum absolute atomic E-state index is 16.1. The lowest BCUT2D eigenvalue weighted by molar-refractivity contribution is -0.247. The second-order valence-corrected chi connectivity index (χ2v) is 24.8. The quantitative estimate of drug-likeness (QED) is 0.0244. The standard InChI is InChI=1S/C66H81FN8O20/c1-35(2)56(71-47(77)15-8-7-9-23-75-48(78)20-21-49(75)79)42(67)28-38(12-11-22-69-63(68)85)62(84)70-39-18-16-37(17-19-39)32-91-64(86)72(4)24-25-73(5)65(87)92-33-46(76)66(88)30-41-53(45(31-66)94-51-29-43-61(36(3)93-51)95-50-34-90-27-26-74(43)50)60(83)55-54(58(41)81)57(80)40-13-10-14-44(89-6)52(40)59(55)82/h10,13-14,16-21,28,35-36,38,43,45,50-51,56,61,81,83,88H,7-9,11-12,15,22-27,29-34H2,1-6H3,(H,70,84)(H,71,77)(H3,68,69,85)/b42-28-/t36-,38+,43-,45-,50+,51-,56-,61+,66-/m0/s1. The lowest BCUT2D eigenvalue weighted by atomic mass is 9.72. The van der Waals surface area contributed by atoms with Gasteiger partial charge in [0.15, 0.2) is 18.7 Å². The number of urea groups is 1. The molecule has 29 heteroatoms. The molecule has 3 aromatic rings. The number of unbranched alkanes of at least 4 members (excludes halogenated alkanes) is 2. The SMILES string of the molecule is COc1cccc2c1C(=O)c1c(O)c3c(c(O)c1C2=O)C[C@@](O)(C(=O)COC(=O)N(C)CCN(C)C(=O)OCc1ccc(NC(=O)[C@@H](/C=C(\F)[C@@H](NC(=O)CCCCCN2C(=O)C=CC2=O)C(C)C)CCCNC(N)=O)cc1)C[C@@H]3O[C@H]1C[C@H]2[C@H](O[C@@H]3COCCN32)[C@H](C)O1.